The van der Waals surface area contributed by atoms with E-state index < -0.39 is 5.60 Å². The molecule has 1 heterocycles. The highest BCUT2D eigenvalue weighted by molar-refractivity contribution is 9.10. The highest BCUT2D eigenvalue weighted by Gasteiger charge is 2.46. The van der Waals surface area contributed by atoms with Crippen molar-refractivity contribution in [3.05, 3.63) is 28.2 Å². The van der Waals surface area contributed by atoms with Gasteiger partial charge >= 0.3 is 6.09 Å². The second-order valence-corrected chi connectivity index (χ2v) is 9.55. The first-order chi connectivity index (χ1) is 11.7. The number of hydrogen-bond acceptors (Lipinski definition) is 3. The lowest BCUT2D eigenvalue weighted by atomic mass is 9.60. The SMILES string of the molecule is Cc1ccc(NC2CC3(CCN(C(=O)OC(C)(C)C)CC3)C2)c(Br)c1. The molecule has 1 saturated heterocycles. The summed E-state index contributed by atoms with van der Waals surface area (Å²) in [4.78, 5) is 14.1. The molecule has 4 nitrogen and oxygen atoms in total. The number of rotatable bonds is 2. The third-order valence-electron chi connectivity index (χ3n) is 5.32. The van der Waals surface area contributed by atoms with Crippen LogP contribution in [0.15, 0.2) is 22.7 Å². The zero-order valence-electron chi connectivity index (χ0n) is 15.7. The summed E-state index contributed by atoms with van der Waals surface area (Å²) in [7, 11) is 0. The number of ether oxygens (including phenoxy) is 1. The van der Waals surface area contributed by atoms with Crippen molar-refractivity contribution in [2.75, 3.05) is 18.4 Å². The molecule has 0 atom stereocenters. The molecule has 3 rings (SSSR count). The molecule has 1 aliphatic heterocycles. The number of halogens is 1. The lowest BCUT2D eigenvalue weighted by Crippen LogP contribution is -2.53. The van der Waals surface area contributed by atoms with Crippen molar-refractivity contribution >= 4 is 27.7 Å². The van der Waals surface area contributed by atoms with Gasteiger partial charge in [-0.05, 0) is 92.4 Å². The van der Waals surface area contributed by atoms with Gasteiger partial charge in [-0.3, -0.25) is 0 Å². The van der Waals surface area contributed by atoms with Gasteiger partial charge in [-0.2, -0.15) is 0 Å². The van der Waals surface area contributed by atoms with Gasteiger partial charge in [-0.1, -0.05) is 6.07 Å². The fraction of sp³-hybridized carbons (Fsp3) is 0.650. The average Bonchev–Trinajstić information content (AvgIpc) is 2.47. The molecule has 1 spiro atoms. The third-order valence-corrected chi connectivity index (χ3v) is 5.97. The fourth-order valence-corrected chi connectivity index (χ4v) is 4.55. The Hall–Kier alpha value is -1.23. The first kappa shape index (κ1) is 18.6. The van der Waals surface area contributed by atoms with Crippen LogP contribution in [0.2, 0.25) is 0 Å². The molecule has 0 aromatic heterocycles. The minimum absolute atomic E-state index is 0.167. The highest BCUT2D eigenvalue weighted by atomic mass is 79.9. The van der Waals surface area contributed by atoms with Gasteiger partial charge in [-0.15, -0.1) is 0 Å². The molecule has 1 amide bonds. The summed E-state index contributed by atoms with van der Waals surface area (Å²) in [5, 5.41) is 3.66. The fourth-order valence-electron chi connectivity index (χ4n) is 3.94. The van der Waals surface area contributed by atoms with Crippen LogP contribution in [-0.2, 0) is 4.74 Å². The first-order valence-corrected chi connectivity index (χ1v) is 9.96. The summed E-state index contributed by atoms with van der Waals surface area (Å²) < 4.78 is 6.62. The summed E-state index contributed by atoms with van der Waals surface area (Å²) in [6.45, 7) is 9.49. The lowest BCUT2D eigenvalue weighted by Gasteiger charge is -2.52. The van der Waals surface area contributed by atoms with E-state index >= 15 is 0 Å². The molecule has 2 fully saturated rings. The second-order valence-electron chi connectivity index (χ2n) is 8.70. The van der Waals surface area contributed by atoms with Crippen LogP contribution in [-0.4, -0.2) is 35.7 Å². The van der Waals surface area contributed by atoms with Crippen molar-refractivity contribution in [1.29, 1.82) is 0 Å². The Morgan fingerprint density at radius 1 is 1.28 bits per heavy atom. The van der Waals surface area contributed by atoms with Crippen LogP contribution in [0.5, 0.6) is 0 Å². The van der Waals surface area contributed by atoms with Gasteiger partial charge in [0, 0.05) is 29.3 Å². The Morgan fingerprint density at radius 3 is 2.48 bits per heavy atom. The number of nitrogens with zero attached hydrogens (tertiary/aromatic N) is 1. The van der Waals surface area contributed by atoms with E-state index in [2.05, 4.69) is 46.4 Å². The van der Waals surface area contributed by atoms with Gasteiger partial charge in [0.05, 0.1) is 0 Å². The van der Waals surface area contributed by atoms with Crippen molar-refractivity contribution in [3.8, 4) is 0 Å². The Morgan fingerprint density at radius 2 is 1.92 bits per heavy atom. The van der Waals surface area contributed by atoms with Gasteiger partial charge in [0.1, 0.15) is 5.60 Å². The first-order valence-electron chi connectivity index (χ1n) is 9.16. The topological polar surface area (TPSA) is 41.6 Å². The van der Waals surface area contributed by atoms with Gasteiger partial charge in [-0.25, -0.2) is 4.79 Å². The number of aryl methyl sites for hydroxylation is 1. The van der Waals surface area contributed by atoms with Gasteiger partial charge in [0.2, 0.25) is 0 Å². The molecule has 0 radical (unpaired) electrons. The van der Waals surface area contributed by atoms with E-state index in [0.717, 1.165) is 30.4 Å². The van der Waals surface area contributed by atoms with Crippen molar-refractivity contribution < 1.29 is 9.53 Å². The molecule has 0 unspecified atom stereocenters. The average molecular weight is 409 g/mol. The van der Waals surface area contributed by atoms with E-state index in [1.807, 2.05) is 25.7 Å². The molecule has 1 aromatic rings. The van der Waals surface area contributed by atoms with E-state index in [4.69, 9.17) is 4.74 Å². The molecule has 1 saturated carbocycles. The molecule has 0 bridgehead atoms. The van der Waals surface area contributed by atoms with Crippen molar-refractivity contribution in [1.82, 2.24) is 4.90 Å². The minimum Gasteiger partial charge on any atom is -0.444 e. The maximum atomic E-state index is 12.2. The van der Waals surface area contributed by atoms with E-state index in [0.29, 0.717) is 11.5 Å². The maximum Gasteiger partial charge on any atom is 0.410 e. The summed E-state index contributed by atoms with van der Waals surface area (Å²) in [5.74, 6) is 0. The molecule has 5 heteroatoms. The summed E-state index contributed by atoms with van der Waals surface area (Å²) in [6.07, 6.45) is 4.38. The molecule has 1 aliphatic carbocycles. The Bertz CT molecular complexity index is 638. The third kappa shape index (κ3) is 4.49. The smallest absolute Gasteiger partial charge is 0.410 e. The summed E-state index contributed by atoms with van der Waals surface area (Å²) >= 11 is 3.64. The quantitative estimate of drug-likeness (QED) is 0.716. The number of nitrogens with one attached hydrogen (secondary N) is 1. The number of anilines is 1. The Kier molecular flexibility index (Phi) is 5.06. The van der Waals surface area contributed by atoms with Crippen LogP contribution >= 0.6 is 15.9 Å². The van der Waals surface area contributed by atoms with Crippen molar-refractivity contribution in [2.24, 2.45) is 5.41 Å². The van der Waals surface area contributed by atoms with Crippen LogP contribution in [0.4, 0.5) is 10.5 Å². The van der Waals surface area contributed by atoms with Crippen LogP contribution in [0.25, 0.3) is 0 Å². The van der Waals surface area contributed by atoms with Crippen molar-refractivity contribution in [3.63, 3.8) is 0 Å². The normalized spacial score (nSPS) is 20.3. The molecule has 2 aliphatic rings. The van der Waals surface area contributed by atoms with Gasteiger partial charge < -0.3 is 15.0 Å². The zero-order chi connectivity index (χ0) is 18.2. The van der Waals surface area contributed by atoms with E-state index in [1.165, 1.54) is 24.1 Å². The number of amides is 1. The molecule has 138 valence electrons. The number of piperidine rings is 1. The van der Waals surface area contributed by atoms with Crippen LogP contribution < -0.4 is 5.32 Å². The minimum atomic E-state index is -0.418. The van der Waals surface area contributed by atoms with Crippen LogP contribution in [0.3, 0.4) is 0 Å². The van der Waals surface area contributed by atoms with E-state index in [1.54, 1.807) is 0 Å². The predicted molar refractivity (Wildman–Crippen MR) is 105 cm³/mol. The van der Waals surface area contributed by atoms with E-state index in [-0.39, 0.29) is 6.09 Å². The molecule has 25 heavy (non-hydrogen) atoms. The van der Waals surface area contributed by atoms with Gasteiger partial charge in [0.15, 0.2) is 0 Å². The number of carbonyl (C=O) groups excluding carboxylic acids is 1. The van der Waals surface area contributed by atoms with Crippen molar-refractivity contribution in [2.45, 2.75) is 65.0 Å². The van der Waals surface area contributed by atoms with Gasteiger partial charge in [0.25, 0.3) is 0 Å². The summed E-state index contributed by atoms with van der Waals surface area (Å²) in [5.41, 5.74) is 2.43. The predicted octanol–water partition coefficient (Wildman–Crippen LogP) is 5.35. The number of likely N-dealkylation sites (tertiary alicyclic amines) is 1. The monoisotopic (exact) mass is 408 g/mol. The zero-order valence-corrected chi connectivity index (χ0v) is 17.3. The Labute approximate surface area is 159 Å². The molecule has 1 aromatic carbocycles. The number of hydrogen-bond donors (Lipinski definition) is 1. The summed E-state index contributed by atoms with van der Waals surface area (Å²) in [6, 6.07) is 6.97. The highest BCUT2D eigenvalue weighted by Crippen LogP contribution is 2.50. The second kappa shape index (κ2) is 6.82. The number of carbonyl (C=O) groups is 1. The molecular formula is C20H29BrN2O2. The van der Waals surface area contributed by atoms with Crippen LogP contribution in [0, 0.1) is 12.3 Å². The lowest BCUT2D eigenvalue weighted by molar-refractivity contribution is -0.00860. The van der Waals surface area contributed by atoms with Crippen LogP contribution in [0.1, 0.15) is 52.0 Å². The molecular weight excluding hydrogens is 380 g/mol. The Balaban J connectivity index is 1.47. The van der Waals surface area contributed by atoms with E-state index in [9.17, 15) is 4.79 Å². The standard InChI is InChI=1S/C20H29BrN2O2/c1-14-5-6-17(16(21)11-14)22-15-12-20(13-15)7-9-23(10-8-20)18(24)25-19(2,3)4/h5-6,11,15,22H,7-10,12-13H2,1-4H3. The number of benzene rings is 1. The maximum absolute atomic E-state index is 12.2. The largest absolute Gasteiger partial charge is 0.444 e. The molecule has 1 N–H and O–H groups in total.